The minimum atomic E-state index is 0. The summed E-state index contributed by atoms with van der Waals surface area (Å²) >= 11 is 0. The van der Waals surface area contributed by atoms with Gasteiger partial charge in [-0.25, -0.2) is 0 Å². The minimum absolute atomic E-state index is 0. The summed E-state index contributed by atoms with van der Waals surface area (Å²) in [6.07, 6.45) is 5.10. The van der Waals surface area contributed by atoms with Gasteiger partial charge < -0.3 is 20.3 Å². The molecule has 0 heterocycles. The van der Waals surface area contributed by atoms with Crippen molar-refractivity contribution in [3.05, 3.63) is 0 Å². The molecular formula is C15H33IN4O. The van der Waals surface area contributed by atoms with Crippen LogP contribution in [0.3, 0.4) is 0 Å². The number of nitrogens with one attached hydrogen (secondary N) is 2. The van der Waals surface area contributed by atoms with Crippen molar-refractivity contribution in [2.24, 2.45) is 10.4 Å². The normalized spacial score (nSPS) is 17.1. The van der Waals surface area contributed by atoms with Gasteiger partial charge in [0, 0.05) is 40.4 Å². The van der Waals surface area contributed by atoms with Crippen LogP contribution in [0.5, 0.6) is 0 Å². The molecule has 1 aliphatic rings. The van der Waals surface area contributed by atoms with Crippen molar-refractivity contribution in [3.8, 4) is 0 Å². The fourth-order valence-electron chi connectivity index (χ4n) is 2.53. The Labute approximate surface area is 147 Å². The first kappa shape index (κ1) is 20.9. The summed E-state index contributed by atoms with van der Waals surface area (Å²) in [4.78, 5) is 6.58. The number of ether oxygens (including phenoxy) is 1. The molecule has 1 aliphatic carbocycles. The van der Waals surface area contributed by atoms with E-state index in [0.29, 0.717) is 5.41 Å². The maximum atomic E-state index is 5.23. The predicted molar refractivity (Wildman–Crippen MR) is 101 cm³/mol. The predicted octanol–water partition coefficient (Wildman–Crippen LogP) is 1.93. The standard InChI is InChI=1S/C15H32N4O.HI/c1-5-19(3)11-10-17-14(16-2)18-13-15(7-6-8-15)9-12-20-4;/h5-13H2,1-4H3,(H2,16,17,18);1H. The minimum Gasteiger partial charge on any atom is -0.385 e. The molecule has 0 bridgehead atoms. The molecule has 1 fully saturated rings. The van der Waals surface area contributed by atoms with Crippen LogP contribution in [-0.4, -0.2) is 64.9 Å². The molecule has 0 unspecified atom stereocenters. The average Bonchev–Trinajstić information content (AvgIpc) is 2.43. The zero-order valence-electron chi connectivity index (χ0n) is 14.1. The first-order valence-electron chi connectivity index (χ1n) is 7.78. The smallest absolute Gasteiger partial charge is 0.191 e. The Morgan fingerprint density at radius 2 is 2.05 bits per heavy atom. The van der Waals surface area contributed by atoms with Gasteiger partial charge in [0.1, 0.15) is 0 Å². The second kappa shape index (κ2) is 11.5. The van der Waals surface area contributed by atoms with E-state index in [0.717, 1.165) is 45.2 Å². The highest BCUT2D eigenvalue weighted by molar-refractivity contribution is 14.0. The van der Waals surface area contributed by atoms with Gasteiger partial charge >= 0.3 is 0 Å². The Bertz CT molecular complexity index is 295. The molecule has 0 saturated heterocycles. The summed E-state index contributed by atoms with van der Waals surface area (Å²) in [6.45, 7) is 7.06. The van der Waals surface area contributed by atoms with Crippen LogP contribution in [-0.2, 0) is 4.74 Å². The molecule has 2 N–H and O–H groups in total. The van der Waals surface area contributed by atoms with E-state index in [4.69, 9.17) is 4.74 Å². The highest BCUT2D eigenvalue weighted by Crippen LogP contribution is 2.43. The summed E-state index contributed by atoms with van der Waals surface area (Å²) in [5.41, 5.74) is 0.424. The van der Waals surface area contributed by atoms with Crippen molar-refractivity contribution in [1.82, 2.24) is 15.5 Å². The molecule has 21 heavy (non-hydrogen) atoms. The molecule has 0 aromatic heterocycles. The Balaban J connectivity index is 0.00000400. The summed E-state index contributed by atoms with van der Waals surface area (Å²) in [5, 5.41) is 6.86. The number of rotatable bonds is 9. The van der Waals surface area contributed by atoms with Gasteiger partial charge in [-0.05, 0) is 38.3 Å². The maximum absolute atomic E-state index is 5.23. The van der Waals surface area contributed by atoms with Gasteiger partial charge in [0.2, 0.25) is 0 Å². The highest BCUT2D eigenvalue weighted by atomic mass is 127. The molecule has 5 nitrogen and oxygen atoms in total. The van der Waals surface area contributed by atoms with Gasteiger partial charge in [0.25, 0.3) is 0 Å². The maximum Gasteiger partial charge on any atom is 0.191 e. The number of nitrogens with zero attached hydrogens (tertiary/aromatic N) is 2. The molecule has 0 aromatic carbocycles. The largest absolute Gasteiger partial charge is 0.385 e. The van der Waals surface area contributed by atoms with Crippen molar-refractivity contribution in [3.63, 3.8) is 0 Å². The Morgan fingerprint density at radius 3 is 2.52 bits per heavy atom. The topological polar surface area (TPSA) is 48.9 Å². The van der Waals surface area contributed by atoms with E-state index in [9.17, 15) is 0 Å². The zero-order valence-corrected chi connectivity index (χ0v) is 16.4. The number of methoxy groups -OCH3 is 1. The number of likely N-dealkylation sites (N-methyl/N-ethyl adjacent to an activating group) is 1. The van der Waals surface area contributed by atoms with E-state index in [1.165, 1.54) is 19.3 Å². The van der Waals surface area contributed by atoms with E-state index in [1.54, 1.807) is 7.11 Å². The van der Waals surface area contributed by atoms with Crippen molar-refractivity contribution in [2.75, 3.05) is 54.0 Å². The van der Waals surface area contributed by atoms with E-state index >= 15 is 0 Å². The van der Waals surface area contributed by atoms with E-state index < -0.39 is 0 Å². The van der Waals surface area contributed by atoms with Crippen LogP contribution in [0.1, 0.15) is 32.6 Å². The summed E-state index contributed by atoms with van der Waals surface area (Å²) in [7, 11) is 5.75. The first-order chi connectivity index (χ1) is 9.65. The SMILES string of the molecule is CCN(C)CCNC(=NC)NCC1(CCOC)CCC1.I. The van der Waals surface area contributed by atoms with Crippen LogP contribution < -0.4 is 10.6 Å². The van der Waals surface area contributed by atoms with Crippen LogP contribution in [0.2, 0.25) is 0 Å². The van der Waals surface area contributed by atoms with Crippen LogP contribution in [0.4, 0.5) is 0 Å². The molecule has 1 rings (SSSR count). The Hall–Kier alpha value is -0.0800. The van der Waals surface area contributed by atoms with Crippen LogP contribution >= 0.6 is 24.0 Å². The molecule has 0 radical (unpaired) electrons. The first-order valence-corrected chi connectivity index (χ1v) is 7.78. The molecule has 0 aromatic rings. The Morgan fingerprint density at radius 1 is 1.33 bits per heavy atom. The van der Waals surface area contributed by atoms with Crippen molar-refractivity contribution in [2.45, 2.75) is 32.6 Å². The van der Waals surface area contributed by atoms with Gasteiger partial charge in [-0.15, -0.1) is 24.0 Å². The monoisotopic (exact) mass is 412 g/mol. The molecule has 0 spiro atoms. The van der Waals surface area contributed by atoms with Crippen LogP contribution in [0.25, 0.3) is 0 Å². The second-order valence-electron chi connectivity index (χ2n) is 5.84. The molecular weight excluding hydrogens is 379 g/mol. The molecule has 0 atom stereocenters. The van der Waals surface area contributed by atoms with Gasteiger partial charge in [-0.1, -0.05) is 13.3 Å². The third-order valence-electron chi connectivity index (χ3n) is 4.43. The van der Waals surface area contributed by atoms with Gasteiger partial charge in [0.15, 0.2) is 5.96 Å². The van der Waals surface area contributed by atoms with Crippen molar-refractivity contribution in [1.29, 1.82) is 0 Å². The van der Waals surface area contributed by atoms with Crippen molar-refractivity contribution < 1.29 is 4.74 Å². The molecule has 0 amide bonds. The van der Waals surface area contributed by atoms with Crippen LogP contribution in [0, 0.1) is 5.41 Å². The number of hydrogen-bond donors (Lipinski definition) is 2. The number of aliphatic imine (C=N–C) groups is 1. The number of guanidine groups is 1. The molecule has 1 saturated carbocycles. The lowest BCUT2D eigenvalue weighted by molar-refractivity contribution is 0.0732. The lowest BCUT2D eigenvalue weighted by atomic mass is 9.67. The van der Waals surface area contributed by atoms with Gasteiger partial charge in [-0.3, -0.25) is 4.99 Å². The van der Waals surface area contributed by atoms with E-state index in [2.05, 4.69) is 34.5 Å². The fraction of sp³-hybridized carbons (Fsp3) is 0.933. The number of halogens is 1. The fourth-order valence-corrected chi connectivity index (χ4v) is 2.53. The summed E-state index contributed by atoms with van der Waals surface area (Å²) in [6, 6.07) is 0. The molecule has 126 valence electrons. The molecule has 6 heteroatoms. The zero-order chi connectivity index (χ0) is 14.8. The average molecular weight is 412 g/mol. The third kappa shape index (κ3) is 7.65. The lowest BCUT2D eigenvalue weighted by Crippen LogP contribution is -2.48. The molecule has 0 aliphatic heterocycles. The second-order valence-corrected chi connectivity index (χ2v) is 5.84. The summed E-state index contributed by atoms with van der Waals surface area (Å²) in [5.74, 6) is 0.915. The van der Waals surface area contributed by atoms with Gasteiger partial charge in [-0.2, -0.15) is 0 Å². The Kier molecular flexibility index (Phi) is 11.4. The van der Waals surface area contributed by atoms with E-state index in [-0.39, 0.29) is 24.0 Å². The lowest BCUT2D eigenvalue weighted by Gasteiger charge is -2.42. The quantitative estimate of drug-likeness (QED) is 0.345. The van der Waals surface area contributed by atoms with E-state index in [1.807, 2.05) is 7.05 Å². The van der Waals surface area contributed by atoms with Crippen molar-refractivity contribution >= 4 is 29.9 Å². The summed E-state index contributed by atoms with van der Waals surface area (Å²) < 4.78 is 5.23. The highest BCUT2D eigenvalue weighted by Gasteiger charge is 2.36. The third-order valence-corrected chi connectivity index (χ3v) is 4.43. The van der Waals surface area contributed by atoms with Gasteiger partial charge in [0.05, 0.1) is 0 Å². The number of hydrogen-bond acceptors (Lipinski definition) is 3. The van der Waals surface area contributed by atoms with Crippen LogP contribution in [0.15, 0.2) is 4.99 Å².